The quantitative estimate of drug-likeness (QED) is 0.687. The molecule has 6 nitrogen and oxygen atoms in total. The van der Waals surface area contributed by atoms with E-state index in [9.17, 15) is 4.79 Å². The maximum absolute atomic E-state index is 12.3. The van der Waals surface area contributed by atoms with Crippen LogP contribution < -0.4 is 19.5 Å². The van der Waals surface area contributed by atoms with Crippen molar-refractivity contribution in [2.75, 3.05) is 21.3 Å². The molecule has 1 aliphatic heterocycles. The number of nitrogens with zero attached hydrogens (tertiary/aromatic N) is 1. The minimum absolute atomic E-state index is 0.200. The molecule has 1 aliphatic rings. The molecule has 0 saturated carbocycles. The van der Waals surface area contributed by atoms with Crippen LogP contribution in [0.4, 0.5) is 5.69 Å². The molecule has 140 valence electrons. The summed E-state index contributed by atoms with van der Waals surface area (Å²) in [6.07, 6.45) is 1.78. The lowest BCUT2D eigenvalue weighted by Gasteiger charge is -2.10. The minimum atomic E-state index is -0.200. The maximum Gasteiger partial charge on any atom is 0.264 e. The molecule has 0 aromatic heterocycles. The van der Waals surface area contributed by atoms with Crippen molar-refractivity contribution in [1.82, 2.24) is 5.32 Å². The van der Waals surface area contributed by atoms with Gasteiger partial charge in [-0.05, 0) is 59.8 Å². The standard InChI is InChI=1S/C19H17BrN2O4S/c1-24-13-6-4-12(5-7-13)21-19-22-18(23)17(27-19)9-11-8-15(25-2)16(26-3)10-14(11)20/h4-10H,1-3H3,(H,21,22,23)/b17-9-. The van der Waals surface area contributed by atoms with Crippen LogP contribution in [-0.4, -0.2) is 32.4 Å². The zero-order chi connectivity index (χ0) is 19.4. The first kappa shape index (κ1) is 19.3. The highest BCUT2D eigenvalue weighted by atomic mass is 79.9. The lowest BCUT2D eigenvalue weighted by Crippen LogP contribution is -2.19. The zero-order valence-corrected chi connectivity index (χ0v) is 17.3. The Balaban J connectivity index is 1.85. The Kier molecular flexibility index (Phi) is 6.08. The van der Waals surface area contributed by atoms with Crippen LogP contribution in [0.25, 0.3) is 6.08 Å². The van der Waals surface area contributed by atoms with Gasteiger partial charge in [0.25, 0.3) is 5.91 Å². The minimum Gasteiger partial charge on any atom is -0.497 e. The Morgan fingerprint density at radius 1 is 1.04 bits per heavy atom. The summed E-state index contributed by atoms with van der Waals surface area (Å²) in [5.41, 5.74) is 1.53. The van der Waals surface area contributed by atoms with Gasteiger partial charge in [0.2, 0.25) is 0 Å². The summed E-state index contributed by atoms with van der Waals surface area (Å²) in [5.74, 6) is 1.75. The largest absolute Gasteiger partial charge is 0.497 e. The fourth-order valence-corrected chi connectivity index (χ4v) is 3.65. The zero-order valence-electron chi connectivity index (χ0n) is 14.9. The monoisotopic (exact) mass is 448 g/mol. The molecule has 0 aliphatic carbocycles. The molecule has 27 heavy (non-hydrogen) atoms. The Morgan fingerprint density at radius 3 is 2.33 bits per heavy atom. The normalized spacial score (nSPS) is 16.5. The highest BCUT2D eigenvalue weighted by Crippen LogP contribution is 2.36. The molecule has 0 radical (unpaired) electrons. The van der Waals surface area contributed by atoms with Gasteiger partial charge in [-0.2, -0.15) is 0 Å². The number of nitrogens with one attached hydrogen (secondary N) is 1. The molecule has 8 heteroatoms. The number of carbonyl (C=O) groups excluding carboxylic acids is 1. The second-order valence-electron chi connectivity index (χ2n) is 5.41. The van der Waals surface area contributed by atoms with Crippen molar-refractivity contribution in [3.05, 3.63) is 51.3 Å². The third-order valence-electron chi connectivity index (χ3n) is 3.74. The second kappa shape index (κ2) is 8.49. The Morgan fingerprint density at radius 2 is 1.70 bits per heavy atom. The van der Waals surface area contributed by atoms with Gasteiger partial charge in [0.15, 0.2) is 16.7 Å². The van der Waals surface area contributed by atoms with Crippen molar-refractivity contribution in [3.8, 4) is 17.2 Å². The number of methoxy groups -OCH3 is 3. The molecule has 3 rings (SSSR count). The molecular weight excluding hydrogens is 432 g/mol. The SMILES string of the molecule is COc1ccc(N=C2NC(=O)/C(=C/c3cc(OC)c(OC)cc3Br)S2)cc1. The van der Waals surface area contributed by atoms with Crippen LogP contribution in [0.2, 0.25) is 0 Å². The molecule has 2 aromatic carbocycles. The topological polar surface area (TPSA) is 69.2 Å². The van der Waals surface area contributed by atoms with Crippen LogP contribution in [0, 0.1) is 0 Å². The van der Waals surface area contributed by atoms with Crippen molar-refractivity contribution >= 4 is 50.5 Å². The molecule has 0 bridgehead atoms. The first-order chi connectivity index (χ1) is 13.0. The fourth-order valence-electron chi connectivity index (χ4n) is 2.38. The van der Waals surface area contributed by atoms with Crippen LogP contribution in [-0.2, 0) is 4.79 Å². The van der Waals surface area contributed by atoms with E-state index in [1.54, 1.807) is 33.5 Å². The number of carbonyl (C=O) groups is 1. The van der Waals surface area contributed by atoms with E-state index in [1.807, 2.05) is 30.3 Å². The molecule has 1 saturated heterocycles. The van der Waals surface area contributed by atoms with Crippen LogP contribution in [0.1, 0.15) is 5.56 Å². The first-order valence-electron chi connectivity index (χ1n) is 7.89. The number of amidine groups is 1. The van der Waals surface area contributed by atoms with E-state index >= 15 is 0 Å². The van der Waals surface area contributed by atoms with E-state index in [0.29, 0.717) is 21.6 Å². The van der Waals surface area contributed by atoms with Gasteiger partial charge in [-0.25, -0.2) is 4.99 Å². The molecular formula is C19H17BrN2O4S. The highest BCUT2D eigenvalue weighted by molar-refractivity contribution is 9.10. The maximum atomic E-state index is 12.3. The number of hydrogen-bond acceptors (Lipinski definition) is 6. The summed E-state index contributed by atoms with van der Waals surface area (Å²) < 4.78 is 16.5. The van der Waals surface area contributed by atoms with E-state index in [4.69, 9.17) is 14.2 Å². The van der Waals surface area contributed by atoms with Gasteiger partial charge in [0, 0.05) is 4.47 Å². The molecule has 2 aromatic rings. The third-order valence-corrected chi connectivity index (χ3v) is 5.34. The van der Waals surface area contributed by atoms with Crippen molar-refractivity contribution in [2.24, 2.45) is 4.99 Å². The summed E-state index contributed by atoms with van der Waals surface area (Å²) in [5, 5.41) is 3.30. The Bertz CT molecular complexity index is 926. The van der Waals surface area contributed by atoms with Crippen molar-refractivity contribution in [3.63, 3.8) is 0 Å². The van der Waals surface area contributed by atoms with Gasteiger partial charge in [-0.15, -0.1) is 0 Å². The number of ether oxygens (including phenoxy) is 3. The van der Waals surface area contributed by atoms with Crippen LogP contribution in [0.3, 0.4) is 0 Å². The second-order valence-corrected chi connectivity index (χ2v) is 7.29. The van der Waals surface area contributed by atoms with E-state index in [0.717, 1.165) is 21.5 Å². The van der Waals surface area contributed by atoms with Gasteiger partial charge in [0.1, 0.15) is 5.75 Å². The number of thioether (sulfide) groups is 1. The number of benzene rings is 2. The van der Waals surface area contributed by atoms with Gasteiger partial charge in [0.05, 0.1) is 31.9 Å². The number of aliphatic imine (C=N–C) groups is 1. The average molecular weight is 449 g/mol. The van der Waals surface area contributed by atoms with Crippen LogP contribution in [0.5, 0.6) is 17.2 Å². The number of halogens is 1. The van der Waals surface area contributed by atoms with Crippen molar-refractivity contribution < 1.29 is 19.0 Å². The summed E-state index contributed by atoms with van der Waals surface area (Å²) in [6.45, 7) is 0. The van der Waals surface area contributed by atoms with Gasteiger partial charge in [-0.1, -0.05) is 15.9 Å². The lowest BCUT2D eigenvalue weighted by atomic mass is 10.2. The van der Waals surface area contributed by atoms with Gasteiger partial charge in [-0.3, -0.25) is 4.79 Å². The molecule has 0 atom stereocenters. The summed E-state index contributed by atoms with van der Waals surface area (Å²) >= 11 is 4.77. The molecule has 1 amide bonds. The molecule has 0 spiro atoms. The van der Waals surface area contributed by atoms with E-state index < -0.39 is 0 Å². The van der Waals surface area contributed by atoms with E-state index in [2.05, 4.69) is 26.2 Å². The van der Waals surface area contributed by atoms with Crippen LogP contribution >= 0.6 is 27.7 Å². The van der Waals surface area contributed by atoms with Crippen molar-refractivity contribution in [1.29, 1.82) is 0 Å². The van der Waals surface area contributed by atoms with Crippen molar-refractivity contribution in [2.45, 2.75) is 0 Å². The molecule has 1 N–H and O–H groups in total. The summed E-state index contributed by atoms with van der Waals surface area (Å²) in [6, 6.07) is 10.9. The average Bonchev–Trinajstić information content (AvgIpc) is 3.02. The van der Waals surface area contributed by atoms with Gasteiger partial charge >= 0.3 is 0 Å². The number of rotatable bonds is 5. The summed E-state index contributed by atoms with van der Waals surface area (Å²) in [7, 11) is 4.75. The lowest BCUT2D eigenvalue weighted by molar-refractivity contribution is -0.115. The highest BCUT2D eigenvalue weighted by Gasteiger charge is 2.24. The van der Waals surface area contributed by atoms with Crippen LogP contribution in [0.15, 0.2) is 50.8 Å². The van der Waals surface area contributed by atoms with E-state index in [-0.39, 0.29) is 5.91 Å². The Hall–Kier alpha value is -2.45. The summed E-state index contributed by atoms with van der Waals surface area (Å²) in [4.78, 5) is 17.3. The van der Waals surface area contributed by atoms with E-state index in [1.165, 1.54) is 11.8 Å². The molecule has 1 fully saturated rings. The Labute approximate surface area is 169 Å². The number of hydrogen-bond donors (Lipinski definition) is 1. The smallest absolute Gasteiger partial charge is 0.264 e. The predicted octanol–water partition coefficient (Wildman–Crippen LogP) is 4.37. The fraction of sp³-hybridized carbons (Fsp3) is 0.158. The van der Waals surface area contributed by atoms with Gasteiger partial charge < -0.3 is 19.5 Å². The molecule has 1 heterocycles. The predicted molar refractivity (Wildman–Crippen MR) is 111 cm³/mol. The third kappa shape index (κ3) is 4.45. The molecule has 0 unspecified atom stereocenters. The number of amides is 1. The first-order valence-corrected chi connectivity index (χ1v) is 9.50.